The summed E-state index contributed by atoms with van der Waals surface area (Å²) in [5.41, 5.74) is 0.964. The van der Waals surface area contributed by atoms with Crippen LogP contribution in [0, 0.1) is 0 Å². The summed E-state index contributed by atoms with van der Waals surface area (Å²) in [6.07, 6.45) is 0. The van der Waals surface area contributed by atoms with Gasteiger partial charge >= 0.3 is 0 Å². The molecule has 1 aliphatic rings. The lowest BCUT2D eigenvalue weighted by molar-refractivity contribution is -0.139. The summed E-state index contributed by atoms with van der Waals surface area (Å²) in [4.78, 5) is 28.3. The summed E-state index contributed by atoms with van der Waals surface area (Å²) in [5, 5.41) is 3.37. The molecular formula is C29H32ClN3O6S. The largest absolute Gasteiger partial charge is 0.486 e. The van der Waals surface area contributed by atoms with Gasteiger partial charge in [0, 0.05) is 23.7 Å². The first-order chi connectivity index (χ1) is 19.1. The summed E-state index contributed by atoms with van der Waals surface area (Å²) < 4.78 is 40.1. The van der Waals surface area contributed by atoms with E-state index in [-0.39, 0.29) is 29.1 Å². The zero-order valence-corrected chi connectivity index (χ0v) is 24.1. The molecule has 0 radical (unpaired) electrons. The number of carbonyl (C=O) groups is 2. The number of benzene rings is 3. The Morgan fingerprint density at radius 3 is 2.23 bits per heavy atom. The van der Waals surface area contributed by atoms with Crippen molar-refractivity contribution < 1.29 is 27.5 Å². The number of amides is 2. The van der Waals surface area contributed by atoms with Crippen molar-refractivity contribution >= 4 is 39.1 Å². The maximum atomic E-state index is 14.0. The van der Waals surface area contributed by atoms with Gasteiger partial charge in [-0.1, -0.05) is 41.9 Å². The second kappa shape index (κ2) is 12.6. The van der Waals surface area contributed by atoms with Crippen LogP contribution in [0.25, 0.3) is 0 Å². The highest BCUT2D eigenvalue weighted by Crippen LogP contribution is 2.36. The van der Waals surface area contributed by atoms with Gasteiger partial charge in [-0.05, 0) is 62.7 Å². The van der Waals surface area contributed by atoms with Crippen molar-refractivity contribution in [1.82, 2.24) is 10.2 Å². The van der Waals surface area contributed by atoms with E-state index in [1.807, 2.05) is 13.8 Å². The summed E-state index contributed by atoms with van der Waals surface area (Å²) in [6.45, 7) is 5.49. The fourth-order valence-corrected chi connectivity index (χ4v) is 5.76. The number of ether oxygens (including phenoxy) is 2. The highest BCUT2D eigenvalue weighted by molar-refractivity contribution is 7.92. The van der Waals surface area contributed by atoms with E-state index >= 15 is 0 Å². The molecule has 2 amide bonds. The monoisotopic (exact) mass is 585 g/mol. The van der Waals surface area contributed by atoms with Crippen LogP contribution in [-0.2, 0) is 26.2 Å². The average molecular weight is 586 g/mol. The zero-order chi connectivity index (χ0) is 28.9. The summed E-state index contributed by atoms with van der Waals surface area (Å²) in [5.74, 6) is -0.0428. The molecule has 1 atom stereocenters. The third-order valence-corrected chi connectivity index (χ3v) is 8.33. The van der Waals surface area contributed by atoms with Crippen LogP contribution in [0.5, 0.6) is 11.5 Å². The fourth-order valence-electron chi connectivity index (χ4n) is 4.21. The SMILES string of the molecule is CC(C)NC(=O)[C@@H](C)N(Cc1ccc(Cl)cc1)C(=O)CN(c1ccc2c(c1)OCCO2)S(=O)(=O)c1ccccc1. The Bertz CT molecular complexity index is 1450. The number of sulfonamides is 1. The molecule has 3 aromatic carbocycles. The van der Waals surface area contributed by atoms with E-state index < -0.39 is 28.5 Å². The summed E-state index contributed by atoms with van der Waals surface area (Å²) in [7, 11) is -4.18. The minimum absolute atomic E-state index is 0.0209. The van der Waals surface area contributed by atoms with Gasteiger partial charge in [0.05, 0.1) is 10.6 Å². The number of hydrogen-bond acceptors (Lipinski definition) is 6. The van der Waals surface area contributed by atoms with Crippen molar-refractivity contribution in [2.45, 2.75) is 44.3 Å². The number of carbonyl (C=O) groups excluding carboxylic acids is 2. The van der Waals surface area contributed by atoms with Gasteiger partial charge in [-0.25, -0.2) is 8.42 Å². The van der Waals surface area contributed by atoms with E-state index in [0.29, 0.717) is 29.7 Å². The number of nitrogens with one attached hydrogen (secondary N) is 1. The Balaban J connectivity index is 1.73. The normalized spacial score (nSPS) is 13.4. The Morgan fingerprint density at radius 2 is 1.57 bits per heavy atom. The van der Waals surface area contributed by atoms with Crippen LogP contribution in [-0.4, -0.2) is 57.0 Å². The Kier molecular flexibility index (Phi) is 9.21. The van der Waals surface area contributed by atoms with Gasteiger partial charge < -0.3 is 19.7 Å². The quantitative estimate of drug-likeness (QED) is 0.381. The van der Waals surface area contributed by atoms with Crippen LogP contribution in [0.3, 0.4) is 0 Å². The molecule has 1 N–H and O–H groups in total. The van der Waals surface area contributed by atoms with Crippen LogP contribution in [0.2, 0.25) is 5.02 Å². The van der Waals surface area contributed by atoms with Crippen molar-refractivity contribution in [3.8, 4) is 11.5 Å². The maximum absolute atomic E-state index is 14.0. The van der Waals surface area contributed by atoms with Crippen molar-refractivity contribution in [3.05, 3.63) is 83.4 Å². The van der Waals surface area contributed by atoms with E-state index in [4.69, 9.17) is 21.1 Å². The Morgan fingerprint density at radius 1 is 0.925 bits per heavy atom. The van der Waals surface area contributed by atoms with Gasteiger partial charge in [0.1, 0.15) is 25.8 Å². The van der Waals surface area contributed by atoms with Crippen molar-refractivity contribution in [2.24, 2.45) is 0 Å². The van der Waals surface area contributed by atoms with Gasteiger partial charge in [-0.2, -0.15) is 0 Å². The molecule has 0 spiro atoms. The topological polar surface area (TPSA) is 105 Å². The number of anilines is 1. The average Bonchev–Trinajstić information content (AvgIpc) is 2.95. The first-order valence-corrected chi connectivity index (χ1v) is 14.7. The number of fused-ring (bicyclic) bond motifs is 1. The minimum Gasteiger partial charge on any atom is -0.486 e. The summed E-state index contributed by atoms with van der Waals surface area (Å²) in [6, 6.07) is 18.5. The fraction of sp³-hybridized carbons (Fsp3) is 0.310. The van der Waals surface area contributed by atoms with Crippen LogP contribution in [0.15, 0.2) is 77.7 Å². The molecule has 4 rings (SSSR count). The predicted molar refractivity (Wildman–Crippen MR) is 153 cm³/mol. The predicted octanol–water partition coefficient (Wildman–Crippen LogP) is 4.25. The molecule has 11 heteroatoms. The first-order valence-electron chi connectivity index (χ1n) is 12.9. The van der Waals surface area contributed by atoms with Gasteiger partial charge in [-0.15, -0.1) is 0 Å². The third kappa shape index (κ3) is 6.86. The molecule has 9 nitrogen and oxygen atoms in total. The van der Waals surface area contributed by atoms with Crippen LogP contribution < -0.4 is 19.1 Å². The maximum Gasteiger partial charge on any atom is 0.264 e. The number of halogens is 1. The molecule has 0 aliphatic carbocycles. The second-order valence-electron chi connectivity index (χ2n) is 9.64. The molecule has 0 saturated carbocycles. The smallest absolute Gasteiger partial charge is 0.264 e. The Labute approximate surface area is 239 Å². The number of nitrogens with zero attached hydrogens (tertiary/aromatic N) is 2. The molecule has 0 bridgehead atoms. The highest BCUT2D eigenvalue weighted by atomic mass is 35.5. The highest BCUT2D eigenvalue weighted by Gasteiger charge is 2.33. The molecule has 0 unspecified atom stereocenters. The lowest BCUT2D eigenvalue weighted by atomic mass is 10.1. The van der Waals surface area contributed by atoms with E-state index in [2.05, 4.69) is 5.32 Å². The lowest BCUT2D eigenvalue weighted by Gasteiger charge is -2.32. The van der Waals surface area contributed by atoms with Crippen LogP contribution in [0.1, 0.15) is 26.3 Å². The summed E-state index contributed by atoms with van der Waals surface area (Å²) >= 11 is 6.04. The molecule has 0 saturated heterocycles. The molecule has 40 heavy (non-hydrogen) atoms. The van der Waals surface area contributed by atoms with E-state index in [1.165, 1.54) is 17.0 Å². The van der Waals surface area contributed by atoms with E-state index in [0.717, 1.165) is 9.87 Å². The van der Waals surface area contributed by atoms with E-state index in [9.17, 15) is 18.0 Å². The number of hydrogen-bond donors (Lipinski definition) is 1. The molecule has 1 heterocycles. The Hall–Kier alpha value is -3.76. The van der Waals surface area contributed by atoms with E-state index in [1.54, 1.807) is 67.6 Å². The number of rotatable bonds is 10. The van der Waals surface area contributed by atoms with Crippen LogP contribution in [0.4, 0.5) is 5.69 Å². The standard InChI is InChI=1S/C29H32ClN3O6S/c1-20(2)31-29(35)21(3)32(18-22-9-11-23(30)12-10-22)28(34)19-33(40(36,37)25-7-5-4-6-8-25)24-13-14-26-27(17-24)39-16-15-38-26/h4-14,17,20-21H,15-16,18-19H2,1-3H3,(H,31,35)/t21-/m1/s1. The zero-order valence-electron chi connectivity index (χ0n) is 22.5. The van der Waals surface area contributed by atoms with Gasteiger partial charge in [0.15, 0.2) is 11.5 Å². The van der Waals surface area contributed by atoms with Gasteiger partial charge in [0.25, 0.3) is 10.0 Å². The minimum atomic E-state index is -4.18. The molecule has 0 aromatic heterocycles. The van der Waals surface area contributed by atoms with Crippen LogP contribution >= 0.6 is 11.6 Å². The molecule has 0 fully saturated rings. The molecule has 3 aromatic rings. The first kappa shape index (κ1) is 29.2. The van der Waals surface area contributed by atoms with Crippen molar-refractivity contribution in [2.75, 3.05) is 24.1 Å². The van der Waals surface area contributed by atoms with Crippen molar-refractivity contribution in [3.63, 3.8) is 0 Å². The second-order valence-corrected chi connectivity index (χ2v) is 11.9. The molecule has 212 valence electrons. The lowest BCUT2D eigenvalue weighted by Crippen LogP contribution is -2.52. The van der Waals surface area contributed by atoms with Gasteiger partial charge in [-0.3, -0.25) is 13.9 Å². The van der Waals surface area contributed by atoms with Gasteiger partial charge in [0.2, 0.25) is 11.8 Å². The third-order valence-electron chi connectivity index (χ3n) is 6.29. The van der Waals surface area contributed by atoms with Crippen molar-refractivity contribution in [1.29, 1.82) is 0 Å². The molecular weight excluding hydrogens is 554 g/mol. The molecule has 1 aliphatic heterocycles.